The number of hydrogen-bond acceptors (Lipinski definition) is 2. The molecule has 1 heterocycles. The van der Waals surface area contributed by atoms with Gasteiger partial charge in [-0.25, -0.2) is 9.07 Å². The maximum Gasteiger partial charge on any atom is 0.267 e. The lowest BCUT2D eigenvalue weighted by Gasteiger charge is -2.04. The smallest absolute Gasteiger partial charge is 0.267 e. The van der Waals surface area contributed by atoms with Crippen LogP contribution in [0.3, 0.4) is 0 Å². The molecule has 0 aliphatic carbocycles. The van der Waals surface area contributed by atoms with Crippen molar-refractivity contribution in [3.05, 3.63) is 48.0 Å². The van der Waals surface area contributed by atoms with Crippen molar-refractivity contribution in [1.82, 2.24) is 9.78 Å². The van der Waals surface area contributed by atoms with E-state index in [4.69, 9.17) is 5.73 Å². The number of halogens is 1. The molecule has 4 nitrogen and oxygen atoms in total. The van der Waals surface area contributed by atoms with Gasteiger partial charge in [-0.3, -0.25) is 4.79 Å². The molecule has 2 aromatic rings. The van der Waals surface area contributed by atoms with E-state index in [-0.39, 0.29) is 5.69 Å². The van der Waals surface area contributed by atoms with E-state index in [1.165, 1.54) is 35.1 Å². The van der Waals surface area contributed by atoms with Crippen molar-refractivity contribution >= 4 is 5.91 Å². The quantitative estimate of drug-likeness (QED) is 0.798. The molecule has 0 radical (unpaired) electrons. The summed E-state index contributed by atoms with van der Waals surface area (Å²) in [6, 6.07) is 7.25. The Bertz CT molecular complexity index is 507. The van der Waals surface area contributed by atoms with Crippen LogP contribution in [0, 0.1) is 5.82 Å². The second kappa shape index (κ2) is 3.53. The van der Waals surface area contributed by atoms with Gasteiger partial charge in [-0.2, -0.15) is 5.10 Å². The molecular formula is C10H8FN3O. The van der Waals surface area contributed by atoms with Gasteiger partial charge in [-0.15, -0.1) is 0 Å². The molecule has 0 fully saturated rings. The van der Waals surface area contributed by atoms with Crippen LogP contribution >= 0.6 is 0 Å². The van der Waals surface area contributed by atoms with E-state index in [0.717, 1.165) is 0 Å². The first-order chi connectivity index (χ1) is 7.18. The van der Waals surface area contributed by atoms with Crippen LogP contribution in [0.5, 0.6) is 0 Å². The van der Waals surface area contributed by atoms with Gasteiger partial charge in [-0.1, -0.05) is 6.07 Å². The van der Waals surface area contributed by atoms with Crippen LogP contribution < -0.4 is 5.73 Å². The van der Waals surface area contributed by atoms with E-state index in [9.17, 15) is 9.18 Å². The first kappa shape index (κ1) is 9.39. The summed E-state index contributed by atoms with van der Waals surface area (Å²) >= 11 is 0. The molecule has 2 rings (SSSR count). The molecule has 0 bridgehead atoms. The van der Waals surface area contributed by atoms with E-state index < -0.39 is 11.7 Å². The molecule has 1 aromatic heterocycles. The number of amides is 1. The molecule has 0 spiro atoms. The Morgan fingerprint density at radius 1 is 1.40 bits per heavy atom. The summed E-state index contributed by atoms with van der Waals surface area (Å²) in [7, 11) is 0. The fourth-order valence-corrected chi connectivity index (χ4v) is 1.30. The van der Waals surface area contributed by atoms with Gasteiger partial charge in [-0.05, 0) is 24.3 Å². The van der Waals surface area contributed by atoms with E-state index in [2.05, 4.69) is 5.10 Å². The van der Waals surface area contributed by atoms with Crippen LogP contribution in [0.25, 0.3) is 5.69 Å². The molecular weight excluding hydrogens is 197 g/mol. The number of benzene rings is 1. The number of carbonyl (C=O) groups excluding carboxylic acids is 1. The second-order valence-electron chi connectivity index (χ2n) is 2.97. The number of carbonyl (C=O) groups is 1. The van der Waals surface area contributed by atoms with Crippen LogP contribution in [0.1, 0.15) is 10.5 Å². The van der Waals surface area contributed by atoms with E-state index in [1.54, 1.807) is 6.07 Å². The van der Waals surface area contributed by atoms with Crippen LogP contribution in [0.2, 0.25) is 0 Å². The zero-order valence-electron chi connectivity index (χ0n) is 7.72. The third-order valence-electron chi connectivity index (χ3n) is 1.95. The minimum Gasteiger partial charge on any atom is -0.364 e. The number of nitrogens with two attached hydrogens (primary N) is 1. The van der Waals surface area contributed by atoms with Crippen molar-refractivity contribution in [2.45, 2.75) is 0 Å². The van der Waals surface area contributed by atoms with Gasteiger partial charge in [0, 0.05) is 0 Å². The van der Waals surface area contributed by atoms with Gasteiger partial charge in [0.15, 0.2) is 0 Å². The average molecular weight is 205 g/mol. The van der Waals surface area contributed by atoms with Crippen molar-refractivity contribution in [2.24, 2.45) is 5.73 Å². The topological polar surface area (TPSA) is 60.9 Å². The molecule has 15 heavy (non-hydrogen) atoms. The fourth-order valence-electron chi connectivity index (χ4n) is 1.30. The molecule has 1 amide bonds. The Morgan fingerprint density at radius 3 is 2.87 bits per heavy atom. The monoisotopic (exact) mass is 205 g/mol. The third-order valence-corrected chi connectivity index (χ3v) is 1.95. The summed E-state index contributed by atoms with van der Waals surface area (Å²) in [5.74, 6) is -0.991. The largest absolute Gasteiger partial charge is 0.364 e. The molecule has 0 saturated carbocycles. The van der Waals surface area contributed by atoms with E-state index in [1.807, 2.05) is 0 Å². The normalized spacial score (nSPS) is 10.2. The summed E-state index contributed by atoms with van der Waals surface area (Å²) in [6.45, 7) is 0. The Labute approximate surface area is 85.1 Å². The lowest BCUT2D eigenvalue weighted by Crippen LogP contribution is -2.16. The molecule has 0 saturated heterocycles. The molecule has 76 valence electrons. The number of rotatable bonds is 2. The van der Waals surface area contributed by atoms with Gasteiger partial charge >= 0.3 is 0 Å². The SMILES string of the molecule is NC(=O)c1ccnn1-c1cccc(F)c1. The summed E-state index contributed by atoms with van der Waals surface area (Å²) in [5, 5.41) is 3.90. The standard InChI is InChI=1S/C10H8FN3O/c11-7-2-1-3-8(6-7)14-9(10(12)15)4-5-13-14/h1-6H,(H2,12,15). The van der Waals surface area contributed by atoms with Crippen LogP contribution in [0.4, 0.5) is 4.39 Å². The molecule has 0 unspecified atom stereocenters. The number of primary amides is 1. The van der Waals surface area contributed by atoms with Crippen molar-refractivity contribution in [3.63, 3.8) is 0 Å². The first-order valence-electron chi connectivity index (χ1n) is 4.28. The highest BCUT2D eigenvalue weighted by molar-refractivity contribution is 5.91. The van der Waals surface area contributed by atoms with Gasteiger partial charge in [0.1, 0.15) is 11.5 Å². The summed E-state index contributed by atoms with van der Waals surface area (Å²) in [4.78, 5) is 11.0. The highest BCUT2D eigenvalue weighted by Crippen LogP contribution is 2.11. The van der Waals surface area contributed by atoms with Gasteiger partial charge in [0.05, 0.1) is 11.9 Å². The summed E-state index contributed by atoms with van der Waals surface area (Å²) in [6.07, 6.45) is 1.44. The fraction of sp³-hybridized carbons (Fsp3) is 0. The Morgan fingerprint density at radius 2 is 2.20 bits per heavy atom. The zero-order chi connectivity index (χ0) is 10.8. The van der Waals surface area contributed by atoms with Gasteiger partial charge < -0.3 is 5.73 Å². The van der Waals surface area contributed by atoms with Crippen molar-refractivity contribution in [3.8, 4) is 5.69 Å². The maximum absolute atomic E-state index is 12.9. The van der Waals surface area contributed by atoms with E-state index >= 15 is 0 Å². The number of nitrogens with zero attached hydrogens (tertiary/aromatic N) is 2. The maximum atomic E-state index is 12.9. The Kier molecular flexibility index (Phi) is 2.21. The molecule has 2 N–H and O–H groups in total. The predicted octanol–water partition coefficient (Wildman–Crippen LogP) is 1.11. The number of hydrogen-bond donors (Lipinski definition) is 1. The number of aromatic nitrogens is 2. The Hall–Kier alpha value is -2.17. The lowest BCUT2D eigenvalue weighted by molar-refractivity contribution is 0.0993. The third kappa shape index (κ3) is 1.71. The molecule has 1 aromatic carbocycles. The molecule has 0 aliphatic rings. The van der Waals surface area contributed by atoms with Crippen LogP contribution in [-0.4, -0.2) is 15.7 Å². The minimum absolute atomic E-state index is 0.223. The highest BCUT2D eigenvalue weighted by atomic mass is 19.1. The summed E-state index contributed by atoms with van der Waals surface area (Å²) < 4.78 is 14.2. The lowest BCUT2D eigenvalue weighted by atomic mass is 10.3. The van der Waals surface area contributed by atoms with Gasteiger partial charge in [0.2, 0.25) is 0 Å². The summed E-state index contributed by atoms with van der Waals surface area (Å²) in [5.41, 5.74) is 5.83. The first-order valence-corrected chi connectivity index (χ1v) is 4.28. The van der Waals surface area contributed by atoms with Crippen LogP contribution in [-0.2, 0) is 0 Å². The van der Waals surface area contributed by atoms with Crippen molar-refractivity contribution in [2.75, 3.05) is 0 Å². The minimum atomic E-state index is -0.600. The van der Waals surface area contributed by atoms with E-state index in [0.29, 0.717) is 5.69 Å². The van der Waals surface area contributed by atoms with Crippen molar-refractivity contribution < 1.29 is 9.18 Å². The van der Waals surface area contributed by atoms with Crippen LogP contribution in [0.15, 0.2) is 36.5 Å². The van der Waals surface area contributed by atoms with Gasteiger partial charge in [0.25, 0.3) is 5.91 Å². The average Bonchev–Trinajstić information content (AvgIpc) is 2.65. The Balaban J connectivity index is 2.54. The predicted molar refractivity (Wildman–Crippen MR) is 52.0 cm³/mol. The molecule has 0 atom stereocenters. The zero-order valence-corrected chi connectivity index (χ0v) is 7.72. The van der Waals surface area contributed by atoms with Crippen molar-refractivity contribution in [1.29, 1.82) is 0 Å². The second-order valence-corrected chi connectivity index (χ2v) is 2.97. The highest BCUT2D eigenvalue weighted by Gasteiger charge is 2.09. The molecule has 0 aliphatic heterocycles. The molecule has 5 heteroatoms.